The molecule has 136 valence electrons. The number of carbonyl (C=O) groups is 1. The van der Waals surface area contributed by atoms with E-state index in [1.165, 1.54) is 11.1 Å². The molecule has 0 saturated heterocycles. The molecule has 0 fully saturated rings. The molecule has 0 spiro atoms. The summed E-state index contributed by atoms with van der Waals surface area (Å²) in [6.07, 6.45) is 3.17. The van der Waals surface area contributed by atoms with Crippen LogP contribution in [0.2, 0.25) is 0 Å². The van der Waals surface area contributed by atoms with Crippen LogP contribution in [0.15, 0.2) is 30.5 Å². The second kappa shape index (κ2) is 7.28. The summed E-state index contributed by atoms with van der Waals surface area (Å²) in [6.45, 7) is 7.14. The SMILES string of the molecule is CCn1ncc(-c2cc(C)c3cc(CCC(=O)N(C)C)ccc3n2)c1C. The fourth-order valence-corrected chi connectivity index (χ4v) is 3.23. The van der Waals surface area contributed by atoms with Gasteiger partial charge in [0, 0.05) is 43.7 Å². The number of benzene rings is 1. The van der Waals surface area contributed by atoms with Gasteiger partial charge in [-0.25, -0.2) is 4.98 Å². The molecule has 1 amide bonds. The van der Waals surface area contributed by atoms with E-state index in [1.807, 2.05) is 10.9 Å². The zero-order valence-electron chi connectivity index (χ0n) is 16.2. The Morgan fingerprint density at radius 3 is 2.62 bits per heavy atom. The maximum absolute atomic E-state index is 11.8. The molecule has 0 aliphatic rings. The predicted molar refractivity (Wildman–Crippen MR) is 105 cm³/mol. The van der Waals surface area contributed by atoms with Crippen molar-refractivity contribution in [2.45, 2.75) is 40.2 Å². The Kier molecular flexibility index (Phi) is 5.07. The summed E-state index contributed by atoms with van der Waals surface area (Å²) in [5.41, 5.74) is 6.51. The van der Waals surface area contributed by atoms with Crippen molar-refractivity contribution in [1.82, 2.24) is 19.7 Å². The summed E-state index contributed by atoms with van der Waals surface area (Å²) >= 11 is 0. The first-order valence-corrected chi connectivity index (χ1v) is 9.04. The van der Waals surface area contributed by atoms with E-state index in [0.717, 1.165) is 40.8 Å². The lowest BCUT2D eigenvalue weighted by molar-refractivity contribution is -0.128. The lowest BCUT2D eigenvalue weighted by Crippen LogP contribution is -2.21. The van der Waals surface area contributed by atoms with Crippen LogP contribution in [0.4, 0.5) is 0 Å². The van der Waals surface area contributed by atoms with Crippen molar-refractivity contribution in [3.05, 3.63) is 47.3 Å². The summed E-state index contributed by atoms with van der Waals surface area (Å²) in [5, 5.41) is 5.57. The van der Waals surface area contributed by atoms with Crippen molar-refractivity contribution in [3.8, 4) is 11.3 Å². The lowest BCUT2D eigenvalue weighted by atomic mass is 10.0. The van der Waals surface area contributed by atoms with E-state index in [0.29, 0.717) is 6.42 Å². The second-order valence-corrected chi connectivity index (χ2v) is 6.92. The second-order valence-electron chi connectivity index (χ2n) is 6.92. The van der Waals surface area contributed by atoms with Crippen LogP contribution in [0, 0.1) is 13.8 Å². The number of aromatic nitrogens is 3. The van der Waals surface area contributed by atoms with Gasteiger partial charge in [-0.3, -0.25) is 9.48 Å². The summed E-state index contributed by atoms with van der Waals surface area (Å²) in [4.78, 5) is 18.3. The average molecular weight is 350 g/mol. The Morgan fingerprint density at radius 2 is 1.96 bits per heavy atom. The molecular weight excluding hydrogens is 324 g/mol. The quantitative estimate of drug-likeness (QED) is 0.704. The number of fused-ring (bicyclic) bond motifs is 1. The minimum absolute atomic E-state index is 0.152. The minimum atomic E-state index is 0.152. The number of aryl methyl sites for hydroxylation is 3. The van der Waals surface area contributed by atoms with Gasteiger partial charge in [-0.1, -0.05) is 6.07 Å². The largest absolute Gasteiger partial charge is 0.349 e. The van der Waals surface area contributed by atoms with Gasteiger partial charge >= 0.3 is 0 Å². The molecule has 3 rings (SSSR count). The molecule has 0 unspecified atom stereocenters. The zero-order valence-corrected chi connectivity index (χ0v) is 16.2. The van der Waals surface area contributed by atoms with Crippen molar-refractivity contribution in [2.75, 3.05) is 14.1 Å². The highest BCUT2D eigenvalue weighted by molar-refractivity contribution is 5.86. The molecule has 0 bridgehead atoms. The normalized spacial score (nSPS) is 11.1. The Balaban J connectivity index is 1.93. The third-order valence-corrected chi connectivity index (χ3v) is 4.88. The van der Waals surface area contributed by atoms with E-state index < -0.39 is 0 Å². The predicted octanol–water partition coefficient (Wildman–Crippen LogP) is 3.76. The lowest BCUT2D eigenvalue weighted by Gasteiger charge is -2.11. The summed E-state index contributed by atoms with van der Waals surface area (Å²) in [7, 11) is 3.59. The number of hydrogen-bond donors (Lipinski definition) is 0. The molecule has 0 aliphatic carbocycles. The third-order valence-electron chi connectivity index (χ3n) is 4.88. The Labute approximate surface area is 154 Å². The van der Waals surface area contributed by atoms with Crippen LogP contribution in [0.1, 0.15) is 30.2 Å². The molecule has 1 aromatic carbocycles. The van der Waals surface area contributed by atoms with E-state index in [-0.39, 0.29) is 5.91 Å². The van der Waals surface area contributed by atoms with Crippen molar-refractivity contribution in [2.24, 2.45) is 0 Å². The fraction of sp³-hybridized carbons (Fsp3) is 0.381. The van der Waals surface area contributed by atoms with Crippen LogP contribution < -0.4 is 0 Å². The maximum Gasteiger partial charge on any atom is 0.222 e. The van der Waals surface area contributed by atoms with E-state index >= 15 is 0 Å². The van der Waals surface area contributed by atoms with Gasteiger partial charge in [0.05, 0.1) is 17.4 Å². The molecule has 5 nitrogen and oxygen atoms in total. The number of pyridine rings is 1. The van der Waals surface area contributed by atoms with Crippen molar-refractivity contribution in [3.63, 3.8) is 0 Å². The number of amides is 1. The number of hydrogen-bond acceptors (Lipinski definition) is 3. The van der Waals surface area contributed by atoms with Crippen molar-refractivity contribution < 1.29 is 4.79 Å². The van der Waals surface area contributed by atoms with Gasteiger partial charge in [-0.2, -0.15) is 5.10 Å². The number of carbonyl (C=O) groups excluding carboxylic acids is 1. The molecule has 0 N–H and O–H groups in total. The van der Waals surface area contributed by atoms with E-state index in [9.17, 15) is 4.79 Å². The molecular formula is C21H26N4O. The third kappa shape index (κ3) is 3.47. The zero-order chi connectivity index (χ0) is 18.8. The summed E-state index contributed by atoms with van der Waals surface area (Å²) in [6, 6.07) is 8.42. The topological polar surface area (TPSA) is 51.0 Å². The van der Waals surface area contributed by atoms with Gasteiger partial charge in [0.1, 0.15) is 0 Å². The van der Waals surface area contributed by atoms with E-state index in [1.54, 1.807) is 19.0 Å². The monoisotopic (exact) mass is 350 g/mol. The van der Waals surface area contributed by atoms with Gasteiger partial charge in [0.2, 0.25) is 5.91 Å². The summed E-state index contributed by atoms with van der Waals surface area (Å²) in [5.74, 6) is 0.152. The van der Waals surface area contributed by atoms with Crippen LogP contribution in [0.3, 0.4) is 0 Å². The minimum Gasteiger partial charge on any atom is -0.349 e. The van der Waals surface area contributed by atoms with Gasteiger partial charge in [0.15, 0.2) is 0 Å². The smallest absolute Gasteiger partial charge is 0.222 e. The first-order chi connectivity index (χ1) is 12.4. The first-order valence-electron chi connectivity index (χ1n) is 9.04. The molecule has 5 heteroatoms. The van der Waals surface area contributed by atoms with Crippen LogP contribution in [-0.4, -0.2) is 39.7 Å². The maximum atomic E-state index is 11.8. The fourth-order valence-electron chi connectivity index (χ4n) is 3.23. The number of nitrogens with zero attached hydrogens (tertiary/aromatic N) is 4. The van der Waals surface area contributed by atoms with Gasteiger partial charge in [-0.15, -0.1) is 0 Å². The molecule has 0 radical (unpaired) electrons. The molecule has 2 aromatic heterocycles. The highest BCUT2D eigenvalue weighted by atomic mass is 16.2. The standard InChI is InChI=1S/C21H26N4O/c1-6-25-15(3)18(13-22-25)20-11-14(2)17-12-16(7-9-19(17)23-20)8-10-21(26)24(4)5/h7,9,11-13H,6,8,10H2,1-5H3. The van der Waals surface area contributed by atoms with Crippen LogP contribution in [-0.2, 0) is 17.8 Å². The van der Waals surface area contributed by atoms with Crippen molar-refractivity contribution in [1.29, 1.82) is 0 Å². The van der Waals surface area contributed by atoms with E-state index in [2.05, 4.69) is 50.1 Å². The molecule has 0 aliphatic heterocycles. The molecule has 26 heavy (non-hydrogen) atoms. The molecule has 3 aromatic rings. The van der Waals surface area contributed by atoms with Crippen LogP contribution in [0.25, 0.3) is 22.2 Å². The Hall–Kier alpha value is -2.69. The Morgan fingerprint density at radius 1 is 1.19 bits per heavy atom. The van der Waals surface area contributed by atoms with Crippen LogP contribution in [0.5, 0.6) is 0 Å². The Bertz CT molecular complexity index is 956. The van der Waals surface area contributed by atoms with Gasteiger partial charge < -0.3 is 4.90 Å². The summed E-state index contributed by atoms with van der Waals surface area (Å²) < 4.78 is 1.99. The number of rotatable bonds is 5. The molecule has 2 heterocycles. The average Bonchev–Trinajstić information content (AvgIpc) is 3.00. The van der Waals surface area contributed by atoms with Crippen LogP contribution >= 0.6 is 0 Å². The molecule has 0 saturated carbocycles. The highest BCUT2D eigenvalue weighted by Gasteiger charge is 2.12. The highest BCUT2D eigenvalue weighted by Crippen LogP contribution is 2.27. The first kappa shape index (κ1) is 18.1. The van der Waals surface area contributed by atoms with E-state index in [4.69, 9.17) is 4.98 Å². The molecule has 0 atom stereocenters. The van der Waals surface area contributed by atoms with Gasteiger partial charge in [-0.05, 0) is 56.5 Å². The van der Waals surface area contributed by atoms with Gasteiger partial charge in [0.25, 0.3) is 0 Å². The van der Waals surface area contributed by atoms with Crippen molar-refractivity contribution >= 4 is 16.8 Å².